The van der Waals surface area contributed by atoms with Crippen LogP contribution in [0.3, 0.4) is 0 Å². The third-order valence-corrected chi connectivity index (χ3v) is 3.21. The van der Waals surface area contributed by atoms with E-state index >= 15 is 0 Å². The highest BCUT2D eigenvalue weighted by Crippen LogP contribution is 2.34. The molecular weight excluding hydrogens is 272 g/mol. The minimum atomic E-state index is -1.03. The lowest BCUT2D eigenvalue weighted by atomic mass is 10.1. The Balaban J connectivity index is 2.13. The number of nitrogens with one attached hydrogen (secondary N) is 1. The maximum absolute atomic E-state index is 11.9. The Kier molecular flexibility index (Phi) is 4.67. The van der Waals surface area contributed by atoms with Gasteiger partial charge in [-0.1, -0.05) is 19.9 Å². The standard InChI is InChI=1S/C15H20N2O4/c1-10(2)8-16-13(18)9-17-6-7-21-14-11(15(19)20)4-3-5-12(14)17/h3-5,10H,6-9H2,1-2H3,(H,16,18)(H,19,20). The molecule has 1 amide bonds. The van der Waals surface area contributed by atoms with E-state index in [1.54, 1.807) is 12.1 Å². The van der Waals surface area contributed by atoms with Gasteiger partial charge < -0.3 is 20.1 Å². The van der Waals surface area contributed by atoms with Crippen LogP contribution < -0.4 is 15.0 Å². The number of amides is 1. The van der Waals surface area contributed by atoms with Crippen LogP contribution in [0.1, 0.15) is 24.2 Å². The van der Waals surface area contributed by atoms with Crippen LogP contribution in [-0.4, -0.2) is 43.2 Å². The average Bonchev–Trinajstić information content (AvgIpc) is 2.44. The van der Waals surface area contributed by atoms with E-state index in [2.05, 4.69) is 5.32 Å². The molecule has 114 valence electrons. The molecule has 1 aliphatic rings. The summed E-state index contributed by atoms with van der Waals surface area (Å²) in [5, 5.41) is 12.0. The summed E-state index contributed by atoms with van der Waals surface area (Å²) in [5.41, 5.74) is 0.778. The zero-order valence-corrected chi connectivity index (χ0v) is 12.3. The van der Waals surface area contributed by atoms with Crippen molar-refractivity contribution in [3.63, 3.8) is 0 Å². The molecule has 0 spiro atoms. The number of carbonyl (C=O) groups excluding carboxylic acids is 1. The van der Waals surface area contributed by atoms with Crippen molar-refractivity contribution in [2.45, 2.75) is 13.8 Å². The van der Waals surface area contributed by atoms with Crippen LogP contribution >= 0.6 is 0 Å². The number of carboxylic acid groups (broad SMARTS) is 1. The largest absolute Gasteiger partial charge is 0.489 e. The summed E-state index contributed by atoms with van der Waals surface area (Å²) < 4.78 is 5.47. The summed E-state index contributed by atoms with van der Waals surface area (Å²) in [4.78, 5) is 25.0. The van der Waals surface area contributed by atoms with Crippen LogP contribution in [0, 0.1) is 5.92 Å². The van der Waals surface area contributed by atoms with Crippen molar-refractivity contribution in [2.75, 3.05) is 31.1 Å². The van der Waals surface area contributed by atoms with Gasteiger partial charge in [0.2, 0.25) is 5.91 Å². The monoisotopic (exact) mass is 292 g/mol. The normalized spacial score (nSPS) is 13.6. The number of carbonyl (C=O) groups is 2. The number of hydrogen-bond acceptors (Lipinski definition) is 4. The molecule has 0 fully saturated rings. The van der Waals surface area contributed by atoms with E-state index in [1.807, 2.05) is 18.7 Å². The molecule has 21 heavy (non-hydrogen) atoms. The van der Waals surface area contributed by atoms with Gasteiger partial charge in [0.1, 0.15) is 12.2 Å². The number of aromatic carboxylic acids is 1. The first-order valence-electron chi connectivity index (χ1n) is 6.99. The Bertz CT molecular complexity index is 542. The van der Waals surface area contributed by atoms with Crippen LogP contribution in [0.15, 0.2) is 18.2 Å². The summed E-state index contributed by atoms with van der Waals surface area (Å²) in [6.45, 7) is 5.82. The summed E-state index contributed by atoms with van der Waals surface area (Å²) in [7, 11) is 0. The summed E-state index contributed by atoms with van der Waals surface area (Å²) >= 11 is 0. The second-order valence-electron chi connectivity index (χ2n) is 5.43. The number of nitrogens with zero attached hydrogens (tertiary/aromatic N) is 1. The summed E-state index contributed by atoms with van der Waals surface area (Å²) in [5.74, 6) is -0.368. The van der Waals surface area contributed by atoms with Gasteiger partial charge in [0.25, 0.3) is 0 Å². The zero-order valence-electron chi connectivity index (χ0n) is 12.3. The third-order valence-electron chi connectivity index (χ3n) is 3.21. The average molecular weight is 292 g/mol. The number of rotatable bonds is 5. The minimum Gasteiger partial charge on any atom is -0.489 e. The van der Waals surface area contributed by atoms with E-state index in [-0.39, 0.29) is 18.0 Å². The molecule has 6 nitrogen and oxygen atoms in total. The molecule has 1 aromatic rings. The third kappa shape index (κ3) is 3.65. The SMILES string of the molecule is CC(C)CNC(=O)CN1CCOc2c(C(=O)O)cccc21. The lowest BCUT2D eigenvalue weighted by Gasteiger charge is -2.31. The van der Waals surface area contributed by atoms with E-state index < -0.39 is 5.97 Å². The van der Waals surface area contributed by atoms with Crippen LogP contribution in [0.2, 0.25) is 0 Å². The van der Waals surface area contributed by atoms with E-state index in [4.69, 9.17) is 4.74 Å². The molecule has 0 unspecified atom stereocenters. The van der Waals surface area contributed by atoms with Crippen molar-refractivity contribution in [1.82, 2.24) is 5.32 Å². The second-order valence-corrected chi connectivity index (χ2v) is 5.43. The summed E-state index contributed by atoms with van der Waals surface area (Å²) in [6, 6.07) is 4.94. The predicted molar refractivity (Wildman–Crippen MR) is 79.0 cm³/mol. The lowest BCUT2D eigenvalue weighted by Crippen LogP contribution is -2.42. The van der Waals surface area contributed by atoms with Gasteiger partial charge in [-0.05, 0) is 18.1 Å². The highest BCUT2D eigenvalue weighted by atomic mass is 16.5. The van der Waals surface area contributed by atoms with Crippen molar-refractivity contribution in [1.29, 1.82) is 0 Å². The second kappa shape index (κ2) is 6.47. The number of hydrogen-bond donors (Lipinski definition) is 2. The Morgan fingerprint density at radius 3 is 2.86 bits per heavy atom. The van der Waals surface area contributed by atoms with Crippen LogP contribution in [-0.2, 0) is 4.79 Å². The fraction of sp³-hybridized carbons (Fsp3) is 0.467. The first kappa shape index (κ1) is 15.2. The molecule has 2 N–H and O–H groups in total. The fourth-order valence-corrected chi connectivity index (χ4v) is 2.18. The Morgan fingerprint density at radius 1 is 1.43 bits per heavy atom. The predicted octanol–water partition coefficient (Wildman–Crippen LogP) is 1.36. The molecule has 1 heterocycles. The van der Waals surface area contributed by atoms with Crippen molar-refractivity contribution in [3.05, 3.63) is 23.8 Å². The maximum atomic E-state index is 11.9. The molecule has 1 aliphatic heterocycles. The maximum Gasteiger partial charge on any atom is 0.339 e. The van der Waals surface area contributed by atoms with E-state index in [9.17, 15) is 14.7 Å². The van der Waals surface area contributed by atoms with Crippen molar-refractivity contribution < 1.29 is 19.4 Å². The number of ether oxygens (including phenoxy) is 1. The van der Waals surface area contributed by atoms with Gasteiger partial charge >= 0.3 is 5.97 Å². The molecule has 0 aromatic heterocycles. The van der Waals surface area contributed by atoms with E-state index in [0.717, 1.165) is 0 Å². The Morgan fingerprint density at radius 2 is 2.19 bits per heavy atom. The zero-order chi connectivity index (χ0) is 15.4. The molecule has 0 bridgehead atoms. The van der Waals surface area contributed by atoms with E-state index in [0.29, 0.717) is 37.1 Å². The highest BCUT2D eigenvalue weighted by Gasteiger charge is 2.24. The van der Waals surface area contributed by atoms with Gasteiger partial charge in [0, 0.05) is 6.54 Å². The molecule has 2 rings (SSSR count). The number of benzene rings is 1. The number of carboxylic acids is 1. The first-order valence-corrected chi connectivity index (χ1v) is 6.99. The van der Waals surface area contributed by atoms with Gasteiger partial charge in [-0.2, -0.15) is 0 Å². The molecule has 1 aromatic carbocycles. The molecule has 0 saturated heterocycles. The van der Waals surface area contributed by atoms with Crippen molar-refractivity contribution in [3.8, 4) is 5.75 Å². The number of para-hydroxylation sites is 1. The quantitative estimate of drug-likeness (QED) is 0.856. The fourth-order valence-electron chi connectivity index (χ4n) is 2.18. The molecule has 0 aliphatic carbocycles. The lowest BCUT2D eigenvalue weighted by molar-refractivity contribution is -0.119. The van der Waals surface area contributed by atoms with Crippen LogP contribution in [0.25, 0.3) is 0 Å². The molecule has 0 radical (unpaired) electrons. The minimum absolute atomic E-state index is 0.0720. The van der Waals surface area contributed by atoms with Crippen LogP contribution in [0.4, 0.5) is 5.69 Å². The molecule has 0 atom stereocenters. The highest BCUT2D eigenvalue weighted by molar-refractivity contribution is 5.94. The molecular formula is C15H20N2O4. The van der Waals surface area contributed by atoms with Crippen molar-refractivity contribution >= 4 is 17.6 Å². The van der Waals surface area contributed by atoms with Crippen LogP contribution in [0.5, 0.6) is 5.75 Å². The number of anilines is 1. The topological polar surface area (TPSA) is 78.9 Å². The van der Waals surface area contributed by atoms with Crippen molar-refractivity contribution in [2.24, 2.45) is 5.92 Å². The smallest absolute Gasteiger partial charge is 0.339 e. The van der Waals surface area contributed by atoms with E-state index in [1.165, 1.54) is 6.07 Å². The Hall–Kier alpha value is -2.24. The van der Waals surface area contributed by atoms with Gasteiger partial charge in [-0.3, -0.25) is 4.79 Å². The van der Waals surface area contributed by atoms with Gasteiger partial charge in [-0.25, -0.2) is 4.79 Å². The van der Waals surface area contributed by atoms with Gasteiger partial charge in [-0.15, -0.1) is 0 Å². The van der Waals surface area contributed by atoms with Gasteiger partial charge in [0.05, 0.1) is 18.8 Å². The van der Waals surface area contributed by atoms with Gasteiger partial charge in [0.15, 0.2) is 5.75 Å². The first-order chi connectivity index (χ1) is 9.99. The molecule has 0 saturated carbocycles. The number of fused-ring (bicyclic) bond motifs is 1. The Labute approximate surface area is 123 Å². The summed E-state index contributed by atoms with van der Waals surface area (Å²) in [6.07, 6.45) is 0. The molecule has 6 heteroatoms.